The van der Waals surface area contributed by atoms with Gasteiger partial charge in [0.15, 0.2) is 5.75 Å². The molecule has 0 bridgehead atoms. The SMILES string of the molecule is C=C(C(=O)OC)c1ccc(C#N)c(NC(C)=O)c1OCCNC(=O)c1ccc(C2=NCCN2C)cc1. The Morgan fingerprint density at radius 1 is 1.19 bits per heavy atom. The number of esters is 1. The lowest BCUT2D eigenvalue weighted by atomic mass is 10.0. The van der Waals surface area contributed by atoms with Gasteiger partial charge in [0.05, 0.1) is 31.3 Å². The fourth-order valence-electron chi connectivity index (χ4n) is 3.63. The molecule has 36 heavy (non-hydrogen) atoms. The van der Waals surface area contributed by atoms with Crippen LogP contribution < -0.4 is 15.4 Å². The van der Waals surface area contributed by atoms with Crippen LogP contribution in [0.2, 0.25) is 0 Å². The minimum Gasteiger partial charge on any atom is -0.489 e. The van der Waals surface area contributed by atoms with Gasteiger partial charge in [-0.15, -0.1) is 0 Å². The second kappa shape index (κ2) is 11.7. The van der Waals surface area contributed by atoms with Crippen LogP contribution in [-0.2, 0) is 14.3 Å². The topological polar surface area (TPSA) is 133 Å². The Morgan fingerprint density at radius 2 is 1.92 bits per heavy atom. The number of nitrogens with one attached hydrogen (secondary N) is 2. The van der Waals surface area contributed by atoms with Crippen molar-refractivity contribution >= 4 is 34.9 Å². The number of benzene rings is 2. The molecule has 10 nitrogen and oxygen atoms in total. The monoisotopic (exact) mass is 489 g/mol. The van der Waals surface area contributed by atoms with Crippen molar-refractivity contribution < 1.29 is 23.9 Å². The second-order valence-corrected chi connectivity index (χ2v) is 7.94. The number of carbonyl (C=O) groups excluding carboxylic acids is 3. The molecule has 186 valence electrons. The van der Waals surface area contributed by atoms with Crippen molar-refractivity contribution in [2.45, 2.75) is 6.92 Å². The molecule has 1 aliphatic rings. The number of anilines is 1. The third-order valence-corrected chi connectivity index (χ3v) is 5.43. The van der Waals surface area contributed by atoms with E-state index in [2.05, 4.69) is 27.1 Å². The van der Waals surface area contributed by atoms with Gasteiger partial charge in [0.25, 0.3) is 5.91 Å². The second-order valence-electron chi connectivity index (χ2n) is 7.94. The Hall–Kier alpha value is -4.65. The highest BCUT2D eigenvalue weighted by molar-refractivity contribution is 6.17. The van der Waals surface area contributed by atoms with Crippen LogP contribution in [0.5, 0.6) is 5.75 Å². The highest BCUT2D eigenvalue weighted by atomic mass is 16.5. The summed E-state index contributed by atoms with van der Waals surface area (Å²) in [5.74, 6) is -0.429. The van der Waals surface area contributed by atoms with Gasteiger partial charge in [-0.2, -0.15) is 5.26 Å². The van der Waals surface area contributed by atoms with Gasteiger partial charge in [0, 0.05) is 37.2 Å². The quantitative estimate of drug-likeness (QED) is 0.313. The molecule has 0 aromatic heterocycles. The van der Waals surface area contributed by atoms with Crippen molar-refractivity contribution in [3.63, 3.8) is 0 Å². The van der Waals surface area contributed by atoms with E-state index in [0.29, 0.717) is 5.56 Å². The number of aliphatic imine (C=N–C) groups is 1. The van der Waals surface area contributed by atoms with Crippen molar-refractivity contribution in [1.82, 2.24) is 10.2 Å². The normalized spacial score (nSPS) is 12.3. The van der Waals surface area contributed by atoms with Gasteiger partial charge < -0.3 is 25.0 Å². The van der Waals surface area contributed by atoms with Crippen molar-refractivity contribution in [2.24, 2.45) is 4.99 Å². The molecular formula is C26H27N5O5. The summed E-state index contributed by atoms with van der Waals surface area (Å²) in [6.45, 7) is 6.76. The van der Waals surface area contributed by atoms with Gasteiger partial charge >= 0.3 is 5.97 Å². The van der Waals surface area contributed by atoms with E-state index >= 15 is 0 Å². The predicted molar refractivity (Wildman–Crippen MR) is 135 cm³/mol. The lowest BCUT2D eigenvalue weighted by molar-refractivity contribution is -0.133. The number of ether oxygens (including phenoxy) is 2. The lowest BCUT2D eigenvalue weighted by Gasteiger charge is -2.18. The first-order valence-corrected chi connectivity index (χ1v) is 11.2. The molecule has 0 fully saturated rings. The third kappa shape index (κ3) is 5.88. The van der Waals surface area contributed by atoms with Crippen LogP contribution in [0, 0.1) is 11.3 Å². The highest BCUT2D eigenvalue weighted by Crippen LogP contribution is 2.36. The zero-order valence-corrected chi connectivity index (χ0v) is 20.4. The molecule has 2 amide bonds. The van der Waals surface area contributed by atoms with Crippen LogP contribution in [0.3, 0.4) is 0 Å². The fraction of sp³-hybridized carbons (Fsp3) is 0.269. The van der Waals surface area contributed by atoms with E-state index < -0.39 is 11.9 Å². The zero-order chi connectivity index (χ0) is 26.2. The minimum atomic E-state index is -0.690. The summed E-state index contributed by atoms with van der Waals surface area (Å²) in [6, 6.07) is 12.1. The van der Waals surface area contributed by atoms with E-state index in [9.17, 15) is 19.6 Å². The Labute approximate surface area is 209 Å². The molecule has 0 saturated carbocycles. The maximum atomic E-state index is 12.6. The molecule has 1 heterocycles. The average Bonchev–Trinajstić information content (AvgIpc) is 3.31. The maximum Gasteiger partial charge on any atom is 0.337 e. The molecule has 2 N–H and O–H groups in total. The van der Waals surface area contributed by atoms with Gasteiger partial charge in [-0.3, -0.25) is 14.6 Å². The first-order chi connectivity index (χ1) is 17.3. The van der Waals surface area contributed by atoms with E-state index in [-0.39, 0.29) is 47.2 Å². The summed E-state index contributed by atoms with van der Waals surface area (Å²) in [4.78, 5) is 42.9. The highest BCUT2D eigenvalue weighted by Gasteiger charge is 2.22. The number of hydrogen-bond donors (Lipinski definition) is 2. The van der Waals surface area contributed by atoms with Gasteiger partial charge in [0.2, 0.25) is 5.91 Å². The molecule has 0 spiro atoms. The number of nitriles is 1. The van der Waals surface area contributed by atoms with Gasteiger partial charge in [-0.1, -0.05) is 18.7 Å². The minimum absolute atomic E-state index is 0.00561. The Kier molecular flexibility index (Phi) is 8.41. The standard InChI is InChI=1S/C26H27N5O5/c1-16(26(34)35-4)21-10-9-20(15-27)22(30-17(2)32)23(21)36-14-12-29-25(33)19-7-5-18(6-8-19)24-28-11-13-31(24)3/h5-10H,1,11-14H2,2-4H3,(H,29,33)(H,30,32). The summed E-state index contributed by atoms with van der Waals surface area (Å²) in [5.41, 5.74) is 1.91. The number of likely N-dealkylation sites (N-methyl/N-ethyl adjacent to an activating group) is 1. The Morgan fingerprint density at radius 3 is 2.50 bits per heavy atom. The summed E-state index contributed by atoms with van der Waals surface area (Å²) >= 11 is 0. The van der Waals surface area contributed by atoms with E-state index in [1.165, 1.54) is 26.2 Å². The third-order valence-electron chi connectivity index (χ3n) is 5.43. The van der Waals surface area contributed by atoms with Gasteiger partial charge in [0.1, 0.15) is 24.2 Å². The van der Waals surface area contributed by atoms with Crippen LogP contribution in [0.25, 0.3) is 5.57 Å². The van der Waals surface area contributed by atoms with Crippen LogP contribution in [0.15, 0.2) is 48.0 Å². The number of hydrogen-bond acceptors (Lipinski definition) is 8. The zero-order valence-electron chi connectivity index (χ0n) is 20.4. The van der Waals surface area contributed by atoms with Crippen LogP contribution in [0.1, 0.15) is 34.0 Å². The summed E-state index contributed by atoms with van der Waals surface area (Å²) in [5, 5.41) is 14.8. The Balaban J connectivity index is 1.71. The summed E-state index contributed by atoms with van der Waals surface area (Å²) < 4.78 is 10.6. The number of amides is 2. The number of amidine groups is 1. The van der Waals surface area contributed by atoms with Crippen molar-refractivity contribution in [3.05, 3.63) is 65.2 Å². The molecule has 2 aromatic rings. The van der Waals surface area contributed by atoms with E-state index in [1.807, 2.05) is 25.2 Å². The van der Waals surface area contributed by atoms with Crippen molar-refractivity contribution in [1.29, 1.82) is 5.26 Å². The van der Waals surface area contributed by atoms with Gasteiger partial charge in [-0.05, 0) is 24.3 Å². The number of rotatable bonds is 9. The smallest absolute Gasteiger partial charge is 0.337 e. The van der Waals surface area contributed by atoms with E-state index in [4.69, 9.17) is 9.47 Å². The van der Waals surface area contributed by atoms with Crippen LogP contribution in [-0.4, -0.2) is 68.9 Å². The number of carbonyl (C=O) groups is 3. The predicted octanol–water partition coefficient (Wildman–Crippen LogP) is 2.20. The van der Waals surface area contributed by atoms with Crippen molar-refractivity contribution in [2.75, 3.05) is 45.7 Å². The summed E-state index contributed by atoms with van der Waals surface area (Å²) in [7, 11) is 3.19. The first kappa shape index (κ1) is 26.0. The van der Waals surface area contributed by atoms with Gasteiger partial charge in [-0.25, -0.2) is 4.79 Å². The Bertz CT molecular complexity index is 1260. The van der Waals surface area contributed by atoms with E-state index in [1.54, 1.807) is 12.1 Å². The molecule has 1 aliphatic heterocycles. The largest absolute Gasteiger partial charge is 0.489 e. The molecule has 0 aliphatic carbocycles. The molecule has 10 heteroatoms. The molecular weight excluding hydrogens is 462 g/mol. The number of methoxy groups -OCH3 is 1. The lowest BCUT2D eigenvalue weighted by Crippen LogP contribution is -2.28. The van der Waals surface area contributed by atoms with Crippen LogP contribution >= 0.6 is 0 Å². The number of nitrogens with zero attached hydrogens (tertiary/aromatic N) is 3. The fourth-order valence-corrected chi connectivity index (χ4v) is 3.63. The average molecular weight is 490 g/mol. The molecule has 3 rings (SSSR count). The molecule has 0 saturated heterocycles. The first-order valence-electron chi connectivity index (χ1n) is 11.2. The molecule has 0 atom stereocenters. The van der Waals surface area contributed by atoms with Crippen molar-refractivity contribution in [3.8, 4) is 11.8 Å². The van der Waals surface area contributed by atoms with E-state index in [0.717, 1.165) is 24.5 Å². The summed E-state index contributed by atoms with van der Waals surface area (Å²) in [6.07, 6.45) is 0. The van der Waals surface area contributed by atoms with Crippen LogP contribution in [0.4, 0.5) is 5.69 Å². The maximum absolute atomic E-state index is 12.6. The molecule has 0 radical (unpaired) electrons. The molecule has 0 unspecified atom stereocenters. The molecule has 2 aromatic carbocycles.